The first-order valence-corrected chi connectivity index (χ1v) is 11.6. The number of piperazine rings is 1. The second kappa shape index (κ2) is 8.46. The van der Waals surface area contributed by atoms with Gasteiger partial charge in [0.15, 0.2) is 11.5 Å². The molecule has 1 aliphatic carbocycles. The Morgan fingerprint density at radius 2 is 1.74 bits per heavy atom. The maximum absolute atomic E-state index is 13.2. The molecule has 0 bridgehead atoms. The third-order valence-electron chi connectivity index (χ3n) is 6.90. The fraction of sp³-hybridized carbons (Fsp3) is 0.542. The maximum Gasteiger partial charge on any atom is 0.244 e. The van der Waals surface area contributed by atoms with E-state index in [1.807, 2.05) is 40.9 Å². The lowest BCUT2D eigenvalue weighted by molar-refractivity contribution is -0.134. The molecule has 3 aromatic heterocycles. The van der Waals surface area contributed by atoms with E-state index >= 15 is 0 Å². The smallest absolute Gasteiger partial charge is 0.244 e. The van der Waals surface area contributed by atoms with E-state index < -0.39 is 0 Å². The predicted molar refractivity (Wildman–Crippen MR) is 121 cm³/mol. The highest BCUT2D eigenvalue weighted by Crippen LogP contribution is 2.26. The van der Waals surface area contributed by atoms with Crippen molar-refractivity contribution < 1.29 is 4.79 Å². The average molecular weight is 421 g/mol. The number of pyridine rings is 1. The van der Waals surface area contributed by atoms with Gasteiger partial charge in [0.1, 0.15) is 6.54 Å². The molecule has 7 heteroatoms. The molecule has 31 heavy (non-hydrogen) atoms. The number of hydrogen-bond donors (Lipinski definition) is 0. The summed E-state index contributed by atoms with van der Waals surface area (Å²) in [5.41, 5.74) is 2.86. The topological polar surface area (TPSA) is 59.2 Å². The molecule has 1 amide bonds. The minimum Gasteiger partial charge on any atom is -0.339 e. The Labute approximate surface area is 183 Å². The lowest BCUT2D eigenvalue weighted by atomic mass is 9.94. The standard InChI is InChI=1S/C24H32N6O/c1-18-16-19(2)25-23-22(18)24(29-10-6-7-11-29)26-30(23)17-21(31)28-14-12-27(13-15-28)20-8-4-3-5-9-20/h6-7,10-11,16,20H,3-5,8-9,12-15,17H2,1-2H3. The molecule has 0 atom stereocenters. The molecule has 0 unspecified atom stereocenters. The minimum absolute atomic E-state index is 0.132. The molecule has 1 aliphatic heterocycles. The quantitative estimate of drug-likeness (QED) is 0.650. The second-order valence-corrected chi connectivity index (χ2v) is 9.06. The number of fused-ring (bicyclic) bond motifs is 1. The molecule has 2 aliphatic rings. The number of aryl methyl sites for hydroxylation is 2. The van der Waals surface area contributed by atoms with Crippen molar-refractivity contribution in [3.05, 3.63) is 41.9 Å². The van der Waals surface area contributed by atoms with Crippen LogP contribution in [0.5, 0.6) is 0 Å². The van der Waals surface area contributed by atoms with Gasteiger partial charge in [0, 0.05) is 50.3 Å². The van der Waals surface area contributed by atoms with Crippen LogP contribution < -0.4 is 0 Å². The van der Waals surface area contributed by atoms with Crippen molar-refractivity contribution in [1.29, 1.82) is 0 Å². The van der Waals surface area contributed by atoms with Crippen molar-refractivity contribution in [2.75, 3.05) is 26.2 Å². The van der Waals surface area contributed by atoms with Crippen molar-refractivity contribution in [2.45, 2.75) is 58.5 Å². The summed E-state index contributed by atoms with van der Waals surface area (Å²) in [6.07, 6.45) is 10.7. The normalized spacial score (nSPS) is 18.7. The second-order valence-electron chi connectivity index (χ2n) is 9.06. The number of carbonyl (C=O) groups excluding carboxylic acids is 1. The molecule has 5 rings (SSSR count). The number of aromatic nitrogens is 4. The van der Waals surface area contributed by atoms with Gasteiger partial charge in [-0.1, -0.05) is 19.3 Å². The average Bonchev–Trinajstić information content (AvgIpc) is 3.43. The van der Waals surface area contributed by atoms with Crippen molar-refractivity contribution in [3.8, 4) is 5.82 Å². The van der Waals surface area contributed by atoms with E-state index in [1.54, 1.807) is 4.68 Å². The van der Waals surface area contributed by atoms with Gasteiger partial charge in [-0.3, -0.25) is 9.69 Å². The first-order chi connectivity index (χ1) is 15.1. The van der Waals surface area contributed by atoms with Crippen LogP contribution in [-0.2, 0) is 11.3 Å². The third-order valence-corrected chi connectivity index (χ3v) is 6.90. The number of carbonyl (C=O) groups is 1. The maximum atomic E-state index is 13.2. The van der Waals surface area contributed by atoms with E-state index in [4.69, 9.17) is 10.1 Å². The lowest BCUT2D eigenvalue weighted by Gasteiger charge is -2.40. The predicted octanol–water partition coefficient (Wildman–Crippen LogP) is 3.32. The van der Waals surface area contributed by atoms with E-state index in [0.29, 0.717) is 0 Å². The molecule has 3 aromatic rings. The van der Waals surface area contributed by atoms with Gasteiger partial charge in [-0.05, 0) is 50.5 Å². The SMILES string of the molecule is Cc1cc(C)c2c(-n3cccc3)nn(CC(=O)N3CCN(C4CCCCC4)CC3)c2n1. The minimum atomic E-state index is 0.132. The monoisotopic (exact) mass is 420 g/mol. The Balaban J connectivity index is 1.34. The Morgan fingerprint density at radius 3 is 2.45 bits per heavy atom. The molecule has 1 saturated heterocycles. The van der Waals surface area contributed by atoms with E-state index in [1.165, 1.54) is 32.1 Å². The molecule has 0 radical (unpaired) electrons. The van der Waals surface area contributed by atoms with Crippen LogP contribution in [0.4, 0.5) is 0 Å². The Hall–Kier alpha value is -2.67. The zero-order chi connectivity index (χ0) is 21.4. The zero-order valence-electron chi connectivity index (χ0n) is 18.6. The van der Waals surface area contributed by atoms with E-state index in [2.05, 4.69) is 17.9 Å². The Bertz CT molecular complexity index is 1060. The van der Waals surface area contributed by atoms with Crippen molar-refractivity contribution in [2.24, 2.45) is 0 Å². The molecule has 7 nitrogen and oxygen atoms in total. The van der Waals surface area contributed by atoms with Gasteiger partial charge in [-0.15, -0.1) is 0 Å². The van der Waals surface area contributed by atoms with Gasteiger partial charge in [-0.25, -0.2) is 9.67 Å². The highest BCUT2D eigenvalue weighted by atomic mass is 16.2. The van der Waals surface area contributed by atoms with Crippen molar-refractivity contribution in [1.82, 2.24) is 29.1 Å². The Kier molecular flexibility index (Phi) is 5.52. The highest BCUT2D eigenvalue weighted by Gasteiger charge is 2.28. The summed E-state index contributed by atoms with van der Waals surface area (Å²) in [7, 11) is 0. The fourth-order valence-corrected chi connectivity index (χ4v) is 5.27. The highest BCUT2D eigenvalue weighted by molar-refractivity contribution is 5.88. The van der Waals surface area contributed by atoms with Gasteiger partial charge in [0.05, 0.1) is 5.39 Å². The molecule has 0 aromatic carbocycles. The van der Waals surface area contributed by atoms with Gasteiger partial charge < -0.3 is 9.47 Å². The number of nitrogens with zero attached hydrogens (tertiary/aromatic N) is 6. The summed E-state index contributed by atoms with van der Waals surface area (Å²) >= 11 is 0. The Morgan fingerprint density at radius 1 is 1.03 bits per heavy atom. The van der Waals surface area contributed by atoms with Crippen LogP contribution in [0.3, 0.4) is 0 Å². The summed E-state index contributed by atoms with van der Waals surface area (Å²) < 4.78 is 3.79. The molecule has 164 valence electrons. The van der Waals surface area contributed by atoms with E-state index in [9.17, 15) is 4.79 Å². The summed E-state index contributed by atoms with van der Waals surface area (Å²) in [6.45, 7) is 7.91. The lowest BCUT2D eigenvalue weighted by Crippen LogP contribution is -2.52. The molecule has 4 heterocycles. The summed E-state index contributed by atoms with van der Waals surface area (Å²) in [4.78, 5) is 22.5. The van der Waals surface area contributed by atoms with Crippen LogP contribution in [0, 0.1) is 13.8 Å². The van der Waals surface area contributed by atoms with Crippen LogP contribution >= 0.6 is 0 Å². The van der Waals surface area contributed by atoms with E-state index in [-0.39, 0.29) is 12.5 Å². The molecular formula is C24H32N6O. The van der Waals surface area contributed by atoms with Crippen molar-refractivity contribution >= 4 is 16.9 Å². The van der Waals surface area contributed by atoms with Gasteiger partial charge in [0.2, 0.25) is 5.91 Å². The van der Waals surface area contributed by atoms with Gasteiger partial charge in [0.25, 0.3) is 0 Å². The fourth-order valence-electron chi connectivity index (χ4n) is 5.27. The number of rotatable bonds is 4. The molecule has 0 N–H and O–H groups in total. The number of amides is 1. The van der Waals surface area contributed by atoms with Crippen LogP contribution in [0.2, 0.25) is 0 Å². The van der Waals surface area contributed by atoms with Crippen LogP contribution in [0.25, 0.3) is 16.9 Å². The van der Waals surface area contributed by atoms with E-state index in [0.717, 1.165) is 60.3 Å². The first kappa shape index (κ1) is 20.2. The zero-order valence-corrected chi connectivity index (χ0v) is 18.6. The van der Waals surface area contributed by atoms with Crippen LogP contribution in [0.15, 0.2) is 30.6 Å². The molecule has 1 saturated carbocycles. The largest absolute Gasteiger partial charge is 0.339 e. The molecular weight excluding hydrogens is 388 g/mol. The summed E-state index contributed by atoms with van der Waals surface area (Å²) in [5, 5.41) is 5.83. The number of hydrogen-bond acceptors (Lipinski definition) is 4. The van der Waals surface area contributed by atoms with Gasteiger partial charge >= 0.3 is 0 Å². The van der Waals surface area contributed by atoms with Crippen LogP contribution in [0.1, 0.15) is 43.4 Å². The molecule has 0 spiro atoms. The van der Waals surface area contributed by atoms with Crippen molar-refractivity contribution in [3.63, 3.8) is 0 Å². The summed E-state index contributed by atoms with van der Waals surface area (Å²) in [6, 6.07) is 6.77. The van der Waals surface area contributed by atoms with Gasteiger partial charge in [-0.2, -0.15) is 5.10 Å². The van der Waals surface area contributed by atoms with Crippen LogP contribution in [-0.4, -0.2) is 67.3 Å². The molecule has 2 fully saturated rings. The third kappa shape index (κ3) is 3.99. The summed E-state index contributed by atoms with van der Waals surface area (Å²) in [5.74, 6) is 0.965. The first-order valence-electron chi connectivity index (χ1n) is 11.6.